The van der Waals surface area contributed by atoms with Gasteiger partial charge in [-0.25, -0.2) is 0 Å². The molecule has 0 aliphatic carbocycles. The lowest BCUT2D eigenvalue weighted by Gasteiger charge is -2.24. The van der Waals surface area contributed by atoms with E-state index in [1.807, 2.05) is 11.9 Å². The zero-order chi connectivity index (χ0) is 20.9. The predicted molar refractivity (Wildman–Crippen MR) is 109 cm³/mol. The van der Waals surface area contributed by atoms with E-state index in [1.54, 1.807) is 0 Å². The van der Waals surface area contributed by atoms with Crippen molar-refractivity contribution in [1.82, 2.24) is 4.90 Å². The largest absolute Gasteiger partial charge is 0.508 e. The van der Waals surface area contributed by atoms with Crippen LogP contribution in [0.25, 0.3) is 22.3 Å². The first-order valence-corrected chi connectivity index (χ1v) is 9.52. The molecule has 2 aromatic carbocycles. The fourth-order valence-electron chi connectivity index (χ4n) is 4.13. The topological polar surface area (TPSA) is 114 Å². The summed E-state index contributed by atoms with van der Waals surface area (Å²) in [5.74, 6) is -0.763. The van der Waals surface area contributed by atoms with Crippen molar-refractivity contribution in [2.45, 2.75) is 18.4 Å². The van der Waals surface area contributed by atoms with Crippen molar-refractivity contribution >= 4 is 22.6 Å². The standard InChI is InChI=1S/C21H20ClNO6/c1-23-5-4-12(14(23)9-24)19-15(26)7-16(27)20-17(28)8-18(29-21(19)20)11-3-2-10(25)6-13(11)22/h2-3,6-8,12,14,24-27H,4-5,9H2,1H3/t12?,14-/m1/s1. The molecule has 0 bridgehead atoms. The predicted octanol–water partition coefficient (Wildman–Crippen LogP) is 3.01. The van der Waals surface area contributed by atoms with Crippen molar-refractivity contribution in [1.29, 1.82) is 0 Å². The highest BCUT2D eigenvalue weighted by atomic mass is 35.5. The Morgan fingerprint density at radius 2 is 1.93 bits per heavy atom. The summed E-state index contributed by atoms with van der Waals surface area (Å²) in [6.45, 7) is 0.572. The highest BCUT2D eigenvalue weighted by molar-refractivity contribution is 6.33. The second kappa shape index (κ2) is 7.26. The number of phenolic OH excluding ortho intramolecular Hbond substituents is 3. The summed E-state index contributed by atoms with van der Waals surface area (Å²) in [6.07, 6.45) is 0.642. The lowest BCUT2D eigenvalue weighted by atomic mass is 9.89. The van der Waals surface area contributed by atoms with Crippen LogP contribution in [-0.4, -0.2) is 51.6 Å². The average Bonchev–Trinajstić information content (AvgIpc) is 3.01. The zero-order valence-corrected chi connectivity index (χ0v) is 16.3. The van der Waals surface area contributed by atoms with Crippen LogP contribution in [-0.2, 0) is 0 Å². The molecule has 3 aromatic rings. The smallest absolute Gasteiger partial charge is 0.197 e. The molecule has 2 atom stereocenters. The first-order valence-electron chi connectivity index (χ1n) is 9.14. The number of aliphatic hydroxyl groups excluding tert-OH is 1. The van der Waals surface area contributed by atoms with E-state index in [0.29, 0.717) is 24.1 Å². The van der Waals surface area contributed by atoms with E-state index in [-0.39, 0.29) is 57.6 Å². The highest BCUT2D eigenvalue weighted by Crippen LogP contribution is 2.44. The van der Waals surface area contributed by atoms with Gasteiger partial charge >= 0.3 is 0 Å². The number of benzene rings is 2. The molecule has 1 unspecified atom stereocenters. The molecule has 1 aromatic heterocycles. The minimum absolute atomic E-state index is 0.0300. The van der Waals surface area contributed by atoms with E-state index in [1.165, 1.54) is 24.3 Å². The van der Waals surface area contributed by atoms with Crippen molar-refractivity contribution in [2.24, 2.45) is 0 Å². The van der Waals surface area contributed by atoms with Gasteiger partial charge in [-0.05, 0) is 38.2 Å². The van der Waals surface area contributed by atoms with E-state index >= 15 is 0 Å². The van der Waals surface area contributed by atoms with Crippen LogP contribution in [0.3, 0.4) is 0 Å². The molecular weight excluding hydrogens is 398 g/mol. The van der Waals surface area contributed by atoms with Gasteiger partial charge in [0.25, 0.3) is 0 Å². The maximum Gasteiger partial charge on any atom is 0.197 e. The van der Waals surface area contributed by atoms with Crippen molar-refractivity contribution in [3.63, 3.8) is 0 Å². The Labute approximate surface area is 171 Å². The number of aromatic hydroxyl groups is 3. The number of nitrogens with zero attached hydrogens (tertiary/aromatic N) is 1. The van der Waals surface area contributed by atoms with Crippen LogP contribution < -0.4 is 5.43 Å². The molecule has 152 valence electrons. The fraction of sp³-hybridized carbons (Fsp3) is 0.286. The maximum atomic E-state index is 12.8. The first-order chi connectivity index (χ1) is 13.8. The number of halogens is 1. The maximum absolute atomic E-state index is 12.8. The highest BCUT2D eigenvalue weighted by Gasteiger charge is 2.36. The molecule has 0 amide bonds. The number of fused-ring (bicyclic) bond motifs is 1. The normalized spacial score (nSPS) is 19.8. The number of aliphatic hydroxyl groups is 1. The molecule has 4 rings (SSSR count). The van der Waals surface area contributed by atoms with Crippen LogP contribution in [0.1, 0.15) is 17.9 Å². The van der Waals surface area contributed by atoms with Crippen molar-refractivity contribution < 1.29 is 24.8 Å². The van der Waals surface area contributed by atoms with Crippen molar-refractivity contribution in [2.75, 3.05) is 20.2 Å². The molecule has 8 heteroatoms. The van der Waals surface area contributed by atoms with E-state index < -0.39 is 5.43 Å². The van der Waals surface area contributed by atoms with Crippen molar-refractivity contribution in [3.05, 3.63) is 51.1 Å². The minimum Gasteiger partial charge on any atom is -0.508 e. The number of hydrogen-bond donors (Lipinski definition) is 4. The lowest BCUT2D eigenvalue weighted by Crippen LogP contribution is -2.32. The van der Waals surface area contributed by atoms with Crippen LogP contribution >= 0.6 is 11.6 Å². The van der Waals surface area contributed by atoms with Gasteiger partial charge < -0.3 is 29.7 Å². The molecular formula is C21H20ClNO6. The number of hydrogen-bond acceptors (Lipinski definition) is 7. The molecule has 1 fully saturated rings. The number of rotatable bonds is 3. The van der Waals surface area contributed by atoms with Crippen LogP contribution in [0.5, 0.6) is 17.2 Å². The fourth-order valence-corrected chi connectivity index (χ4v) is 4.40. The summed E-state index contributed by atoms with van der Waals surface area (Å²) >= 11 is 6.20. The van der Waals surface area contributed by atoms with E-state index in [0.717, 1.165) is 6.07 Å². The van der Waals surface area contributed by atoms with Gasteiger partial charge in [-0.3, -0.25) is 4.79 Å². The van der Waals surface area contributed by atoms with Crippen LogP contribution in [0.4, 0.5) is 0 Å². The molecule has 1 aliphatic heterocycles. The zero-order valence-electron chi connectivity index (χ0n) is 15.6. The van der Waals surface area contributed by atoms with Crippen LogP contribution in [0.15, 0.2) is 39.5 Å². The summed E-state index contributed by atoms with van der Waals surface area (Å²) in [7, 11) is 1.87. The third-order valence-corrected chi connectivity index (χ3v) is 5.91. The number of phenols is 3. The second-order valence-corrected chi connectivity index (χ2v) is 7.70. The third kappa shape index (κ3) is 3.21. The SMILES string of the molecule is CN1CCC(c2c(O)cc(O)c3c(=O)cc(-c4ccc(O)cc4Cl)oc23)[C@H]1CO. The average molecular weight is 418 g/mol. The summed E-state index contributed by atoms with van der Waals surface area (Å²) in [4.78, 5) is 14.8. The van der Waals surface area contributed by atoms with Gasteiger partial charge in [-0.2, -0.15) is 0 Å². The van der Waals surface area contributed by atoms with Gasteiger partial charge in [-0.15, -0.1) is 0 Å². The van der Waals surface area contributed by atoms with E-state index in [9.17, 15) is 25.2 Å². The molecule has 1 aliphatic rings. The minimum atomic E-state index is -0.490. The van der Waals surface area contributed by atoms with Crippen molar-refractivity contribution in [3.8, 4) is 28.6 Å². The summed E-state index contributed by atoms with van der Waals surface area (Å²) in [5, 5.41) is 40.5. The molecule has 0 saturated carbocycles. The summed E-state index contributed by atoms with van der Waals surface area (Å²) in [6, 6.07) is 6.35. The van der Waals surface area contributed by atoms with E-state index in [4.69, 9.17) is 16.0 Å². The Morgan fingerprint density at radius 3 is 2.62 bits per heavy atom. The Kier molecular flexibility index (Phi) is 4.90. The molecule has 1 saturated heterocycles. The second-order valence-electron chi connectivity index (χ2n) is 7.30. The number of likely N-dealkylation sites (tertiary alicyclic amines) is 1. The monoisotopic (exact) mass is 417 g/mol. The molecule has 0 spiro atoms. The van der Waals surface area contributed by atoms with E-state index in [2.05, 4.69) is 0 Å². The Balaban J connectivity index is 2.01. The molecule has 29 heavy (non-hydrogen) atoms. The first kappa shape index (κ1) is 19.6. The molecule has 0 radical (unpaired) electrons. The van der Waals surface area contributed by atoms with Gasteiger partial charge in [0.05, 0.1) is 11.6 Å². The summed E-state index contributed by atoms with van der Waals surface area (Å²) < 4.78 is 6.00. The third-order valence-electron chi connectivity index (χ3n) is 5.60. The molecule has 2 heterocycles. The van der Waals surface area contributed by atoms with Gasteiger partial charge in [-0.1, -0.05) is 11.6 Å². The quantitative estimate of drug-likeness (QED) is 0.518. The Bertz CT molecular complexity index is 1160. The molecule has 4 N–H and O–H groups in total. The van der Waals surface area contributed by atoms with Gasteiger partial charge in [0.2, 0.25) is 0 Å². The van der Waals surface area contributed by atoms with Crippen LogP contribution in [0.2, 0.25) is 5.02 Å². The van der Waals surface area contributed by atoms with Gasteiger partial charge in [0.15, 0.2) is 5.43 Å². The summed E-state index contributed by atoms with van der Waals surface area (Å²) in [5.41, 5.74) is 0.332. The Hall–Kier alpha value is -2.74. The number of likely N-dealkylation sites (N-methyl/N-ethyl adjacent to an activating group) is 1. The Morgan fingerprint density at radius 1 is 1.17 bits per heavy atom. The lowest BCUT2D eigenvalue weighted by molar-refractivity contribution is 0.172. The van der Waals surface area contributed by atoms with Crippen LogP contribution in [0, 0.1) is 0 Å². The van der Waals surface area contributed by atoms with Gasteiger partial charge in [0, 0.05) is 35.2 Å². The van der Waals surface area contributed by atoms with Gasteiger partial charge in [0.1, 0.15) is 34.0 Å². The molecule has 7 nitrogen and oxygen atoms in total.